The van der Waals surface area contributed by atoms with Gasteiger partial charge in [0.25, 0.3) is 6.71 Å². The summed E-state index contributed by atoms with van der Waals surface area (Å²) in [7, 11) is 0. The molecule has 13 aromatic rings. The average molecular weight is 1190 g/mol. The Hall–Kier alpha value is -10.6. The van der Waals surface area contributed by atoms with Gasteiger partial charge in [0.2, 0.25) is 0 Å². The van der Waals surface area contributed by atoms with Crippen LogP contribution in [0.3, 0.4) is 0 Å². The molecule has 6 heteroatoms. The SMILES string of the molecule is CC(C)(C)c1ccc(N(c2ccc(C(C)(C)C)cc2)c2cc3c4c(c2)N(c2cccc(-c5cc6ccccc6o5)c2)c2cc(N(c5ccccc5)c5ccccc5)ccc2B4c2cc(C(C)(C)C)ccc2N3c2cc(-c3ccccc3)cc(-c3ccccc3)c2)cc1. The lowest BCUT2D eigenvalue weighted by Crippen LogP contribution is -2.61. The summed E-state index contributed by atoms with van der Waals surface area (Å²) in [5.74, 6) is 0.818. The maximum atomic E-state index is 6.74. The number of para-hydroxylation sites is 3. The Balaban J connectivity index is 1.08. The smallest absolute Gasteiger partial charge is 0.252 e. The largest absolute Gasteiger partial charge is 0.456 e. The highest BCUT2D eigenvalue weighted by molar-refractivity contribution is 7.00. The molecule has 0 aliphatic carbocycles. The highest BCUT2D eigenvalue weighted by Crippen LogP contribution is 2.51. The highest BCUT2D eigenvalue weighted by Gasteiger charge is 2.45. The van der Waals surface area contributed by atoms with E-state index in [2.05, 4.69) is 367 Å². The minimum atomic E-state index is -0.195. The van der Waals surface area contributed by atoms with Crippen LogP contribution < -0.4 is 36.0 Å². The zero-order valence-corrected chi connectivity index (χ0v) is 54.0. The van der Waals surface area contributed by atoms with Gasteiger partial charge in [-0.1, -0.05) is 232 Å². The molecular formula is C86H75BN4O. The molecule has 0 N–H and O–H groups in total. The van der Waals surface area contributed by atoms with Crippen LogP contribution in [0.15, 0.2) is 296 Å². The van der Waals surface area contributed by atoms with Crippen molar-refractivity contribution in [3.8, 4) is 33.6 Å². The van der Waals surface area contributed by atoms with Gasteiger partial charge < -0.3 is 24.0 Å². The molecule has 0 saturated heterocycles. The first kappa shape index (κ1) is 57.9. The van der Waals surface area contributed by atoms with Gasteiger partial charge in [-0.3, -0.25) is 0 Å². The Morgan fingerprint density at radius 2 is 0.739 bits per heavy atom. The van der Waals surface area contributed by atoms with Gasteiger partial charge in [-0.2, -0.15) is 0 Å². The summed E-state index contributed by atoms with van der Waals surface area (Å²) in [5, 5.41) is 1.07. The number of furan rings is 1. The van der Waals surface area contributed by atoms with Crippen LogP contribution in [0.5, 0.6) is 0 Å². The van der Waals surface area contributed by atoms with E-state index in [-0.39, 0.29) is 23.0 Å². The molecule has 15 rings (SSSR count). The standard InChI is InChI=1S/C86H75BN4O/c1-84(2,3)64-37-42-69(43-38-64)89(70-44-39-65(40-45-70)85(4,5)6)74-56-79-83-80(57-74)91(73-51-62(58-25-14-10-15-26-58)49-63(52-73)59-27-16-11-17-28-59)77-48-41-66(86(7,8)9)54-76(77)87(83)75-47-46-72(88(67-31-18-12-19-32-67)68-33-20-13-21-34-68)55-78(75)90(79)71-35-24-30-60(50-71)82-53-61-29-22-23-36-81(61)92-82/h10-57H,1-9H3. The minimum Gasteiger partial charge on any atom is -0.456 e. The summed E-state index contributed by atoms with van der Waals surface area (Å²) >= 11 is 0. The molecule has 0 fully saturated rings. The third-order valence-corrected chi connectivity index (χ3v) is 18.6. The lowest BCUT2D eigenvalue weighted by atomic mass is 9.33. The summed E-state index contributed by atoms with van der Waals surface area (Å²) < 4.78 is 6.74. The maximum Gasteiger partial charge on any atom is 0.252 e. The normalized spacial score (nSPS) is 12.8. The number of hydrogen-bond acceptors (Lipinski definition) is 5. The van der Waals surface area contributed by atoms with Crippen LogP contribution in [0.1, 0.15) is 79.0 Å². The molecule has 0 saturated carbocycles. The zero-order valence-electron chi connectivity index (χ0n) is 54.0. The van der Waals surface area contributed by atoms with Crippen molar-refractivity contribution in [2.24, 2.45) is 0 Å². The number of hydrogen-bond donors (Lipinski definition) is 0. The number of fused-ring (bicyclic) bond motifs is 5. The Bertz CT molecular complexity index is 4680. The second kappa shape index (κ2) is 22.7. The molecule has 0 bridgehead atoms. The first-order chi connectivity index (χ1) is 44.5. The highest BCUT2D eigenvalue weighted by atomic mass is 16.3. The number of rotatable bonds is 11. The fourth-order valence-corrected chi connectivity index (χ4v) is 13.8. The van der Waals surface area contributed by atoms with Crippen LogP contribution in [-0.2, 0) is 16.2 Å². The zero-order chi connectivity index (χ0) is 63.0. The molecule has 0 amide bonds. The molecule has 448 valence electrons. The average Bonchev–Trinajstić information content (AvgIpc) is 0.702. The Morgan fingerprint density at radius 1 is 0.293 bits per heavy atom. The predicted octanol–water partition coefficient (Wildman–Crippen LogP) is 22.3. The Morgan fingerprint density at radius 3 is 1.28 bits per heavy atom. The predicted molar refractivity (Wildman–Crippen MR) is 392 cm³/mol. The first-order valence-corrected chi connectivity index (χ1v) is 32.3. The fraction of sp³-hybridized carbons (Fsp3) is 0.140. The van der Waals surface area contributed by atoms with Gasteiger partial charge in [-0.15, -0.1) is 0 Å². The van der Waals surface area contributed by atoms with Crippen LogP contribution >= 0.6 is 0 Å². The van der Waals surface area contributed by atoms with E-state index in [0.29, 0.717) is 0 Å². The van der Waals surface area contributed by atoms with Gasteiger partial charge in [-0.05, 0) is 193 Å². The van der Waals surface area contributed by atoms with E-state index in [9.17, 15) is 0 Å². The van der Waals surface area contributed by atoms with E-state index >= 15 is 0 Å². The van der Waals surface area contributed by atoms with Crippen LogP contribution in [0.2, 0.25) is 0 Å². The van der Waals surface area contributed by atoms with E-state index in [1.807, 2.05) is 6.07 Å². The molecule has 2 aliphatic rings. The molecule has 5 nitrogen and oxygen atoms in total. The molecular weight excluding hydrogens is 1120 g/mol. The van der Waals surface area contributed by atoms with Crippen molar-refractivity contribution in [1.82, 2.24) is 0 Å². The number of nitrogens with zero attached hydrogens (tertiary/aromatic N) is 4. The van der Waals surface area contributed by atoms with Gasteiger partial charge in [0.15, 0.2) is 0 Å². The van der Waals surface area contributed by atoms with Crippen LogP contribution in [0.4, 0.5) is 68.2 Å². The van der Waals surface area contributed by atoms with E-state index in [0.717, 1.165) is 113 Å². The van der Waals surface area contributed by atoms with Crippen LogP contribution in [0.25, 0.3) is 44.5 Å². The lowest BCUT2D eigenvalue weighted by molar-refractivity contribution is 0.590. The van der Waals surface area contributed by atoms with E-state index in [1.54, 1.807) is 0 Å². The monoisotopic (exact) mass is 1190 g/mol. The van der Waals surface area contributed by atoms with Crippen LogP contribution in [0, 0.1) is 0 Å². The van der Waals surface area contributed by atoms with Crippen molar-refractivity contribution in [1.29, 1.82) is 0 Å². The fourth-order valence-electron chi connectivity index (χ4n) is 13.8. The van der Waals surface area contributed by atoms with Crippen molar-refractivity contribution >= 4 is 102 Å². The summed E-state index contributed by atoms with van der Waals surface area (Å²) in [5.41, 5.74) is 26.6. The van der Waals surface area contributed by atoms with Crippen LogP contribution in [-0.4, -0.2) is 6.71 Å². The Kier molecular flexibility index (Phi) is 14.3. The molecule has 3 heterocycles. The van der Waals surface area contributed by atoms with Crippen molar-refractivity contribution in [3.63, 3.8) is 0 Å². The third-order valence-electron chi connectivity index (χ3n) is 18.6. The van der Waals surface area contributed by atoms with Gasteiger partial charge in [0.1, 0.15) is 11.3 Å². The number of anilines is 12. The van der Waals surface area contributed by atoms with Gasteiger partial charge in [0, 0.05) is 73.5 Å². The molecule has 12 aromatic carbocycles. The molecule has 0 spiro atoms. The molecule has 1 aromatic heterocycles. The molecule has 92 heavy (non-hydrogen) atoms. The van der Waals surface area contributed by atoms with Gasteiger partial charge >= 0.3 is 0 Å². The third kappa shape index (κ3) is 10.6. The van der Waals surface area contributed by atoms with E-state index < -0.39 is 0 Å². The summed E-state index contributed by atoms with van der Waals surface area (Å²) in [6, 6.07) is 108. The van der Waals surface area contributed by atoms with E-state index in [4.69, 9.17) is 4.42 Å². The summed E-state index contributed by atoms with van der Waals surface area (Å²) in [6.45, 7) is 20.6. The van der Waals surface area contributed by atoms with Crippen molar-refractivity contribution in [3.05, 3.63) is 308 Å². The topological polar surface area (TPSA) is 26.1 Å². The molecule has 2 aliphatic heterocycles. The summed E-state index contributed by atoms with van der Waals surface area (Å²) in [4.78, 5) is 10.0. The molecule has 0 atom stereocenters. The van der Waals surface area contributed by atoms with Crippen molar-refractivity contribution in [2.75, 3.05) is 19.6 Å². The maximum absolute atomic E-state index is 6.74. The quantitative estimate of drug-likeness (QED) is 0.120. The minimum absolute atomic E-state index is 0.0450. The van der Waals surface area contributed by atoms with Gasteiger partial charge in [-0.25, -0.2) is 0 Å². The first-order valence-electron chi connectivity index (χ1n) is 32.3. The lowest BCUT2D eigenvalue weighted by Gasteiger charge is -2.45. The van der Waals surface area contributed by atoms with E-state index in [1.165, 1.54) is 33.1 Å². The second-order valence-corrected chi connectivity index (χ2v) is 27.9. The summed E-state index contributed by atoms with van der Waals surface area (Å²) in [6.07, 6.45) is 0. The van der Waals surface area contributed by atoms with Crippen molar-refractivity contribution < 1.29 is 4.42 Å². The van der Waals surface area contributed by atoms with Gasteiger partial charge in [0.05, 0.1) is 5.69 Å². The number of benzene rings is 12. The van der Waals surface area contributed by atoms with Crippen molar-refractivity contribution in [2.45, 2.75) is 78.6 Å². The second-order valence-electron chi connectivity index (χ2n) is 27.9. The molecule has 0 radical (unpaired) electrons. The molecule has 0 unspecified atom stereocenters. The Labute approximate surface area is 543 Å².